The zero-order valence-corrected chi connectivity index (χ0v) is 8.85. The van der Waals surface area contributed by atoms with E-state index in [-0.39, 0.29) is 12.1 Å². The summed E-state index contributed by atoms with van der Waals surface area (Å²) in [5.41, 5.74) is 0. The van der Waals surface area contributed by atoms with E-state index in [0.29, 0.717) is 12.9 Å². The van der Waals surface area contributed by atoms with Crippen molar-refractivity contribution >= 4 is 12.1 Å². The first-order valence-electron chi connectivity index (χ1n) is 5.17. The molecule has 1 saturated heterocycles. The molecular weight excluding hydrogens is 196 g/mol. The van der Waals surface area contributed by atoms with Crippen molar-refractivity contribution in [1.82, 2.24) is 0 Å². The summed E-state index contributed by atoms with van der Waals surface area (Å²) >= 11 is 0. The van der Waals surface area contributed by atoms with E-state index in [1.165, 1.54) is 12.2 Å². The SMILES string of the molecule is CC(OC1CCCCO1)C(=O)/C=C/C=O. The maximum absolute atomic E-state index is 11.3. The van der Waals surface area contributed by atoms with Crippen molar-refractivity contribution in [3.8, 4) is 0 Å². The third kappa shape index (κ3) is 4.36. The normalized spacial score (nSPS) is 23.9. The Hall–Kier alpha value is -1.00. The van der Waals surface area contributed by atoms with E-state index in [4.69, 9.17) is 9.47 Å². The first-order valence-corrected chi connectivity index (χ1v) is 5.17. The van der Waals surface area contributed by atoms with E-state index in [0.717, 1.165) is 19.3 Å². The predicted octanol–water partition coefficient (Wildman–Crippen LogP) is 1.24. The minimum absolute atomic E-state index is 0.212. The molecule has 1 rings (SSSR count). The molecule has 0 aromatic carbocycles. The molecule has 1 aliphatic heterocycles. The predicted molar refractivity (Wildman–Crippen MR) is 54.3 cm³/mol. The minimum atomic E-state index is -0.552. The van der Waals surface area contributed by atoms with Gasteiger partial charge in [0.25, 0.3) is 0 Å². The summed E-state index contributed by atoms with van der Waals surface area (Å²) in [5, 5.41) is 0. The van der Waals surface area contributed by atoms with Gasteiger partial charge in [0, 0.05) is 6.61 Å². The molecule has 0 spiro atoms. The van der Waals surface area contributed by atoms with Crippen LogP contribution in [0, 0.1) is 0 Å². The fourth-order valence-corrected chi connectivity index (χ4v) is 1.38. The third-order valence-electron chi connectivity index (χ3n) is 2.23. The van der Waals surface area contributed by atoms with Crippen LogP contribution in [0.1, 0.15) is 26.2 Å². The average Bonchev–Trinajstić information content (AvgIpc) is 2.27. The molecule has 4 heteroatoms. The van der Waals surface area contributed by atoms with Gasteiger partial charge < -0.3 is 9.47 Å². The number of allylic oxidation sites excluding steroid dienone is 1. The topological polar surface area (TPSA) is 52.6 Å². The standard InChI is InChI=1S/C11H16O4/c1-9(10(13)5-4-7-12)15-11-6-2-3-8-14-11/h4-5,7,9,11H,2-3,6,8H2,1H3/b5-4+. The van der Waals surface area contributed by atoms with Crippen molar-refractivity contribution in [2.75, 3.05) is 6.61 Å². The van der Waals surface area contributed by atoms with Crippen LogP contribution < -0.4 is 0 Å². The van der Waals surface area contributed by atoms with Gasteiger partial charge in [-0.3, -0.25) is 9.59 Å². The van der Waals surface area contributed by atoms with Crippen LogP contribution in [0.3, 0.4) is 0 Å². The lowest BCUT2D eigenvalue weighted by Gasteiger charge is -2.24. The molecule has 84 valence electrons. The van der Waals surface area contributed by atoms with Crippen LogP contribution in [0.5, 0.6) is 0 Å². The summed E-state index contributed by atoms with van der Waals surface area (Å²) in [6.07, 6.45) is 5.08. The lowest BCUT2D eigenvalue weighted by atomic mass is 10.2. The maximum Gasteiger partial charge on any atom is 0.184 e. The highest BCUT2D eigenvalue weighted by Crippen LogP contribution is 2.15. The van der Waals surface area contributed by atoms with Crippen molar-refractivity contribution in [2.24, 2.45) is 0 Å². The van der Waals surface area contributed by atoms with E-state index in [2.05, 4.69) is 0 Å². The highest BCUT2D eigenvalue weighted by Gasteiger charge is 2.19. The van der Waals surface area contributed by atoms with Gasteiger partial charge in [-0.15, -0.1) is 0 Å². The number of carbonyl (C=O) groups is 2. The van der Waals surface area contributed by atoms with Gasteiger partial charge in [-0.1, -0.05) is 0 Å². The number of hydrogen-bond donors (Lipinski definition) is 0. The molecule has 0 aromatic heterocycles. The second-order valence-electron chi connectivity index (χ2n) is 3.47. The number of ether oxygens (including phenoxy) is 2. The Morgan fingerprint density at radius 2 is 2.33 bits per heavy atom. The fourth-order valence-electron chi connectivity index (χ4n) is 1.38. The lowest BCUT2D eigenvalue weighted by Crippen LogP contribution is -2.30. The molecule has 0 aromatic rings. The first kappa shape index (κ1) is 12.1. The fraction of sp³-hybridized carbons (Fsp3) is 0.636. The Labute approximate surface area is 89.2 Å². The Morgan fingerprint density at radius 3 is 2.93 bits per heavy atom. The number of ketones is 1. The Kier molecular flexibility index (Phi) is 5.21. The summed E-state index contributed by atoms with van der Waals surface area (Å²) < 4.78 is 10.7. The van der Waals surface area contributed by atoms with Crippen LogP contribution >= 0.6 is 0 Å². The van der Waals surface area contributed by atoms with Gasteiger partial charge in [0.15, 0.2) is 12.1 Å². The zero-order valence-electron chi connectivity index (χ0n) is 8.85. The van der Waals surface area contributed by atoms with Crippen LogP contribution in [-0.4, -0.2) is 31.1 Å². The molecule has 0 radical (unpaired) electrons. The molecule has 0 N–H and O–H groups in total. The zero-order chi connectivity index (χ0) is 11.1. The van der Waals surface area contributed by atoms with E-state index in [9.17, 15) is 9.59 Å². The maximum atomic E-state index is 11.3. The second-order valence-corrected chi connectivity index (χ2v) is 3.47. The van der Waals surface area contributed by atoms with Crippen molar-refractivity contribution in [1.29, 1.82) is 0 Å². The molecule has 4 nitrogen and oxygen atoms in total. The van der Waals surface area contributed by atoms with E-state index < -0.39 is 6.10 Å². The average molecular weight is 212 g/mol. The second kappa shape index (κ2) is 6.48. The summed E-state index contributed by atoms with van der Waals surface area (Å²) in [5.74, 6) is -0.212. The van der Waals surface area contributed by atoms with Gasteiger partial charge in [-0.25, -0.2) is 0 Å². The van der Waals surface area contributed by atoms with Gasteiger partial charge in [0.1, 0.15) is 12.4 Å². The van der Waals surface area contributed by atoms with E-state index >= 15 is 0 Å². The summed E-state index contributed by atoms with van der Waals surface area (Å²) in [7, 11) is 0. The largest absolute Gasteiger partial charge is 0.353 e. The first-order chi connectivity index (χ1) is 7.24. The quantitative estimate of drug-likeness (QED) is 0.508. The molecule has 15 heavy (non-hydrogen) atoms. The van der Waals surface area contributed by atoms with Crippen molar-refractivity contribution in [3.63, 3.8) is 0 Å². The smallest absolute Gasteiger partial charge is 0.184 e. The third-order valence-corrected chi connectivity index (χ3v) is 2.23. The van der Waals surface area contributed by atoms with Crippen LogP contribution in [0.4, 0.5) is 0 Å². The van der Waals surface area contributed by atoms with Crippen LogP contribution in [0.15, 0.2) is 12.2 Å². The molecule has 0 bridgehead atoms. The highest BCUT2D eigenvalue weighted by atomic mass is 16.7. The van der Waals surface area contributed by atoms with Gasteiger partial charge in [0.05, 0.1) is 0 Å². The minimum Gasteiger partial charge on any atom is -0.353 e. The molecule has 0 saturated carbocycles. The molecular formula is C11H16O4. The summed E-state index contributed by atoms with van der Waals surface area (Å²) in [6, 6.07) is 0. The van der Waals surface area contributed by atoms with E-state index in [1.54, 1.807) is 6.92 Å². The lowest BCUT2D eigenvalue weighted by molar-refractivity contribution is -0.186. The summed E-state index contributed by atoms with van der Waals surface area (Å²) in [6.45, 7) is 2.35. The monoisotopic (exact) mass is 212 g/mol. The number of hydrogen-bond acceptors (Lipinski definition) is 4. The number of rotatable bonds is 5. The highest BCUT2D eigenvalue weighted by molar-refractivity contribution is 5.95. The van der Waals surface area contributed by atoms with Gasteiger partial charge in [0.2, 0.25) is 0 Å². The Balaban J connectivity index is 2.32. The van der Waals surface area contributed by atoms with Gasteiger partial charge in [-0.2, -0.15) is 0 Å². The number of carbonyl (C=O) groups excluding carboxylic acids is 2. The molecule has 1 heterocycles. The van der Waals surface area contributed by atoms with Crippen LogP contribution in [0.2, 0.25) is 0 Å². The molecule has 2 atom stereocenters. The van der Waals surface area contributed by atoms with Gasteiger partial charge >= 0.3 is 0 Å². The number of aldehydes is 1. The molecule has 1 fully saturated rings. The molecule has 0 amide bonds. The van der Waals surface area contributed by atoms with Crippen molar-refractivity contribution in [3.05, 3.63) is 12.2 Å². The van der Waals surface area contributed by atoms with Crippen LogP contribution in [0.25, 0.3) is 0 Å². The van der Waals surface area contributed by atoms with Crippen LogP contribution in [-0.2, 0) is 19.1 Å². The molecule has 0 aliphatic carbocycles. The molecule has 2 unspecified atom stereocenters. The summed E-state index contributed by atoms with van der Waals surface area (Å²) in [4.78, 5) is 21.4. The van der Waals surface area contributed by atoms with E-state index in [1.807, 2.05) is 0 Å². The molecule has 1 aliphatic rings. The Morgan fingerprint density at radius 1 is 1.53 bits per heavy atom. The Bertz CT molecular complexity index is 241. The van der Waals surface area contributed by atoms with Crippen molar-refractivity contribution in [2.45, 2.75) is 38.6 Å². The van der Waals surface area contributed by atoms with Gasteiger partial charge in [-0.05, 0) is 38.3 Å². The van der Waals surface area contributed by atoms with Crippen molar-refractivity contribution < 1.29 is 19.1 Å².